The maximum absolute atomic E-state index is 6.13. The molecule has 3 aromatic rings. The Kier molecular flexibility index (Phi) is 5.12. The highest BCUT2D eigenvalue weighted by molar-refractivity contribution is 6.30. The third kappa shape index (κ3) is 3.83. The van der Waals surface area contributed by atoms with Crippen LogP contribution in [0.3, 0.4) is 0 Å². The first kappa shape index (κ1) is 18.0. The summed E-state index contributed by atoms with van der Waals surface area (Å²) in [6, 6.07) is 11.7. The van der Waals surface area contributed by atoms with Crippen molar-refractivity contribution >= 4 is 11.6 Å². The summed E-state index contributed by atoms with van der Waals surface area (Å²) in [5.74, 6) is 3.03. The second kappa shape index (κ2) is 7.69. The summed E-state index contributed by atoms with van der Waals surface area (Å²) in [6.45, 7) is 4.07. The van der Waals surface area contributed by atoms with E-state index < -0.39 is 0 Å². The highest BCUT2D eigenvalue weighted by Crippen LogP contribution is 2.35. The van der Waals surface area contributed by atoms with Gasteiger partial charge in [0.2, 0.25) is 5.88 Å². The molecule has 0 radical (unpaired) electrons. The van der Waals surface area contributed by atoms with Crippen molar-refractivity contribution in [1.82, 2.24) is 19.7 Å². The van der Waals surface area contributed by atoms with Gasteiger partial charge in [-0.3, -0.25) is 4.57 Å². The third-order valence-electron chi connectivity index (χ3n) is 5.21. The normalized spacial score (nSPS) is 19.8. The molecule has 1 aromatic carbocycles. The van der Waals surface area contributed by atoms with E-state index in [1.54, 1.807) is 6.20 Å². The largest absolute Gasteiger partial charge is 0.474 e. The Morgan fingerprint density at radius 1 is 1.04 bits per heavy atom. The van der Waals surface area contributed by atoms with Crippen LogP contribution in [0.15, 0.2) is 42.6 Å². The summed E-state index contributed by atoms with van der Waals surface area (Å²) in [5, 5.41) is 9.62. The van der Waals surface area contributed by atoms with Gasteiger partial charge in [-0.05, 0) is 69.4 Å². The highest BCUT2D eigenvalue weighted by atomic mass is 35.5. The van der Waals surface area contributed by atoms with Crippen molar-refractivity contribution in [1.29, 1.82) is 0 Å². The monoisotopic (exact) mass is 382 g/mol. The Morgan fingerprint density at radius 3 is 2.56 bits per heavy atom. The smallest absolute Gasteiger partial charge is 0.213 e. The zero-order valence-corrected chi connectivity index (χ0v) is 16.4. The Labute approximate surface area is 164 Å². The first-order valence-electron chi connectivity index (χ1n) is 9.38. The van der Waals surface area contributed by atoms with Crippen LogP contribution in [0.5, 0.6) is 5.88 Å². The minimum atomic E-state index is 0.214. The van der Waals surface area contributed by atoms with E-state index in [9.17, 15) is 0 Å². The average Bonchev–Trinajstić information content (AvgIpc) is 3.05. The molecule has 27 heavy (non-hydrogen) atoms. The van der Waals surface area contributed by atoms with Crippen LogP contribution in [0.2, 0.25) is 5.02 Å². The van der Waals surface area contributed by atoms with E-state index in [0.717, 1.165) is 53.6 Å². The molecule has 1 saturated carbocycles. The summed E-state index contributed by atoms with van der Waals surface area (Å²) in [4.78, 5) is 4.26. The minimum absolute atomic E-state index is 0.214. The van der Waals surface area contributed by atoms with Crippen LogP contribution in [0.25, 0.3) is 5.69 Å². The van der Waals surface area contributed by atoms with E-state index in [-0.39, 0.29) is 6.10 Å². The molecule has 140 valence electrons. The maximum atomic E-state index is 6.13. The van der Waals surface area contributed by atoms with Gasteiger partial charge in [-0.2, -0.15) is 0 Å². The Hall–Kier alpha value is -2.40. The lowest BCUT2D eigenvalue weighted by Crippen LogP contribution is -2.25. The van der Waals surface area contributed by atoms with Crippen LogP contribution in [0.1, 0.15) is 48.8 Å². The molecule has 0 N–H and O–H groups in total. The number of aromatic nitrogens is 4. The minimum Gasteiger partial charge on any atom is -0.474 e. The summed E-state index contributed by atoms with van der Waals surface area (Å²) in [7, 11) is 0. The van der Waals surface area contributed by atoms with E-state index >= 15 is 0 Å². The quantitative estimate of drug-likeness (QED) is 0.634. The third-order valence-corrected chi connectivity index (χ3v) is 5.45. The lowest BCUT2D eigenvalue weighted by atomic mass is 9.86. The standard InChI is InChI=1S/C21H23ClN4O/c1-14-13-17(22)8-11-19(14)26-15(2)24-25-21(26)16-6-9-18(10-7-16)27-20-5-3-4-12-23-20/h3-5,8,11-13,16,18H,6-7,9-10H2,1-2H3. The molecule has 0 unspecified atom stereocenters. The average molecular weight is 383 g/mol. The molecule has 2 heterocycles. The predicted octanol–water partition coefficient (Wildman–Crippen LogP) is 5.04. The number of rotatable bonds is 4. The second-order valence-corrected chi connectivity index (χ2v) is 7.57. The molecule has 1 fully saturated rings. The van der Waals surface area contributed by atoms with Crippen LogP contribution < -0.4 is 4.74 Å². The van der Waals surface area contributed by atoms with Crippen LogP contribution in [-0.4, -0.2) is 25.9 Å². The first-order valence-corrected chi connectivity index (χ1v) is 9.75. The van der Waals surface area contributed by atoms with Gasteiger partial charge in [0.25, 0.3) is 0 Å². The van der Waals surface area contributed by atoms with Gasteiger partial charge in [-0.15, -0.1) is 10.2 Å². The Bertz CT molecular complexity index is 917. The van der Waals surface area contributed by atoms with Crippen molar-refractivity contribution in [3.05, 3.63) is 64.8 Å². The molecule has 0 amide bonds. The van der Waals surface area contributed by atoms with Gasteiger partial charge in [-0.25, -0.2) is 4.98 Å². The zero-order chi connectivity index (χ0) is 18.8. The van der Waals surface area contributed by atoms with Crippen LogP contribution in [0, 0.1) is 13.8 Å². The van der Waals surface area contributed by atoms with E-state index in [0.29, 0.717) is 11.8 Å². The van der Waals surface area contributed by atoms with Crippen molar-refractivity contribution in [3.63, 3.8) is 0 Å². The molecule has 0 bridgehead atoms. The number of halogens is 1. The van der Waals surface area contributed by atoms with E-state index in [1.165, 1.54) is 0 Å². The van der Waals surface area contributed by atoms with E-state index in [2.05, 4.69) is 26.7 Å². The van der Waals surface area contributed by atoms with Crippen molar-refractivity contribution in [2.75, 3.05) is 0 Å². The molecule has 4 rings (SSSR count). The predicted molar refractivity (Wildman–Crippen MR) is 106 cm³/mol. The van der Waals surface area contributed by atoms with Gasteiger partial charge in [0.05, 0.1) is 5.69 Å². The fourth-order valence-corrected chi connectivity index (χ4v) is 4.06. The van der Waals surface area contributed by atoms with E-state index in [1.807, 2.05) is 43.3 Å². The van der Waals surface area contributed by atoms with Gasteiger partial charge in [-0.1, -0.05) is 17.7 Å². The van der Waals surface area contributed by atoms with Crippen molar-refractivity contribution in [3.8, 4) is 11.6 Å². The maximum Gasteiger partial charge on any atom is 0.213 e. The number of hydrogen-bond donors (Lipinski definition) is 0. The topological polar surface area (TPSA) is 52.8 Å². The Balaban J connectivity index is 1.51. The number of ether oxygens (including phenoxy) is 1. The first-order chi connectivity index (χ1) is 13.1. The van der Waals surface area contributed by atoms with Crippen LogP contribution in [-0.2, 0) is 0 Å². The fourth-order valence-electron chi connectivity index (χ4n) is 3.84. The van der Waals surface area contributed by atoms with Gasteiger partial charge in [0.1, 0.15) is 17.8 Å². The summed E-state index contributed by atoms with van der Waals surface area (Å²) < 4.78 is 8.20. The molecule has 1 aliphatic rings. The lowest BCUT2D eigenvalue weighted by molar-refractivity contribution is 0.139. The second-order valence-electron chi connectivity index (χ2n) is 7.13. The lowest BCUT2D eigenvalue weighted by Gasteiger charge is -2.28. The fraction of sp³-hybridized carbons (Fsp3) is 0.381. The molecule has 0 spiro atoms. The van der Waals surface area contributed by atoms with Gasteiger partial charge in [0, 0.05) is 23.2 Å². The molecule has 2 aromatic heterocycles. The van der Waals surface area contributed by atoms with Crippen molar-refractivity contribution in [2.24, 2.45) is 0 Å². The van der Waals surface area contributed by atoms with Crippen LogP contribution in [0.4, 0.5) is 0 Å². The SMILES string of the molecule is Cc1cc(Cl)ccc1-n1c(C)nnc1C1CCC(Oc2ccccn2)CC1. The molecular formula is C21H23ClN4O. The summed E-state index contributed by atoms with van der Waals surface area (Å²) >= 11 is 6.13. The molecular weight excluding hydrogens is 360 g/mol. The zero-order valence-electron chi connectivity index (χ0n) is 15.6. The summed E-state index contributed by atoms with van der Waals surface area (Å²) in [5.41, 5.74) is 2.22. The molecule has 0 saturated heterocycles. The molecule has 0 atom stereocenters. The number of nitrogens with zero attached hydrogens (tertiary/aromatic N) is 4. The highest BCUT2D eigenvalue weighted by Gasteiger charge is 2.28. The number of hydrogen-bond acceptors (Lipinski definition) is 4. The van der Waals surface area contributed by atoms with Gasteiger partial charge < -0.3 is 4.74 Å². The van der Waals surface area contributed by atoms with Crippen molar-refractivity contribution < 1.29 is 4.74 Å². The molecule has 0 aliphatic heterocycles. The van der Waals surface area contributed by atoms with Gasteiger partial charge >= 0.3 is 0 Å². The molecule has 5 nitrogen and oxygen atoms in total. The number of aryl methyl sites for hydroxylation is 2. The summed E-state index contributed by atoms with van der Waals surface area (Å²) in [6.07, 6.45) is 6.02. The Morgan fingerprint density at radius 2 is 1.85 bits per heavy atom. The molecule has 1 aliphatic carbocycles. The number of pyridine rings is 1. The van der Waals surface area contributed by atoms with E-state index in [4.69, 9.17) is 16.3 Å². The van der Waals surface area contributed by atoms with Gasteiger partial charge in [0.15, 0.2) is 0 Å². The van der Waals surface area contributed by atoms with Crippen molar-refractivity contribution in [2.45, 2.75) is 51.6 Å². The number of benzene rings is 1. The van der Waals surface area contributed by atoms with Crippen LogP contribution >= 0.6 is 11.6 Å². The molecule has 6 heteroatoms.